The molecule has 0 aliphatic carbocycles. The van der Waals surface area contributed by atoms with Crippen molar-refractivity contribution in [3.05, 3.63) is 96.1 Å². The summed E-state index contributed by atoms with van der Waals surface area (Å²) in [6.45, 7) is 3.94. The molecule has 0 saturated heterocycles. The van der Waals surface area contributed by atoms with Crippen LogP contribution in [-0.2, 0) is 17.9 Å². The molecule has 1 aliphatic rings. The number of nitrogens with zero attached hydrogens (tertiary/aromatic N) is 5. The van der Waals surface area contributed by atoms with Gasteiger partial charge >= 0.3 is 5.97 Å². The second-order valence-electron chi connectivity index (χ2n) is 10.6. The third-order valence-electron chi connectivity index (χ3n) is 7.63. The van der Waals surface area contributed by atoms with E-state index in [2.05, 4.69) is 19.4 Å². The Morgan fingerprint density at radius 1 is 0.957 bits per heavy atom. The van der Waals surface area contributed by atoms with Crippen LogP contribution in [0.4, 0.5) is 0 Å². The number of rotatable bonds is 5. The molecule has 0 atom stereocenters. The average molecular weight is 630 g/mol. The molecule has 0 radical (unpaired) electrons. The molecule has 0 fully saturated rings. The van der Waals surface area contributed by atoms with E-state index in [1.807, 2.05) is 41.4 Å². The highest BCUT2D eigenvalue weighted by Gasteiger charge is 2.18. The molecule has 2 aromatic carbocycles. The Morgan fingerprint density at radius 2 is 1.70 bits per heavy atom. The molecule has 4 aromatic rings. The first kappa shape index (κ1) is 33.7. The molecule has 0 saturated carbocycles. The summed E-state index contributed by atoms with van der Waals surface area (Å²) >= 11 is 0. The van der Waals surface area contributed by atoms with Gasteiger partial charge in [-0.15, -0.1) is 0 Å². The molecule has 5 rings (SSSR count). The number of hydrogen-bond acceptors (Lipinski definition) is 8. The fourth-order valence-electron chi connectivity index (χ4n) is 5.37. The van der Waals surface area contributed by atoms with Crippen molar-refractivity contribution in [2.24, 2.45) is 0 Å². The molecule has 3 heterocycles. The van der Waals surface area contributed by atoms with Gasteiger partial charge in [0, 0.05) is 68.6 Å². The van der Waals surface area contributed by atoms with Crippen molar-refractivity contribution in [2.45, 2.75) is 32.4 Å². The molecule has 0 unspecified atom stereocenters. The number of aromatic carboxylic acids is 1. The summed E-state index contributed by atoms with van der Waals surface area (Å²) in [4.78, 5) is 46.5. The summed E-state index contributed by atoms with van der Waals surface area (Å²) in [6, 6.07) is 16.4. The van der Waals surface area contributed by atoms with Gasteiger partial charge in [0.2, 0.25) is 0 Å². The summed E-state index contributed by atoms with van der Waals surface area (Å²) in [5.74, 6) is 1.11. The summed E-state index contributed by atoms with van der Waals surface area (Å²) in [5.41, 5.74) is 2.60. The maximum atomic E-state index is 13.4. The molecule has 2 N–H and O–H groups in total. The van der Waals surface area contributed by atoms with Gasteiger partial charge in [0.25, 0.3) is 12.4 Å². The van der Waals surface area contributed by atoms with E-state index in [0.717, 1.165) is 36.3 Å². The average Bonchev–Trinajstić information content (AvgIpc) is 3.55. The van der Waals surface area contributed by atoms with Gasteiger partial charge in [-0.1, -0.05) is 18.2 Å². The van der Waals surface area contributed by atoms with Crippen LogP contribution in [0.3, 0.4) is 0 Å². The number of methoxy groups -OCH3 is 1. The van der Waals surface area contributed by atoms with E-state index in [1.54, 1.807) is 50.0 Å². The molecule has 1 amide bonds. The van der Waals surface area contributed by atoms with E-state index in [1.165, 1.54) is 0 Å². The Bertz CT molecular complexity index is 1580. The molecule has 12 heteroatoms. The number of fused-ring (bicyclic) bond motifs is 4. The number of ether oxygens (including phenoxy) is 2. The zero-order valence-electron chi connectivity index (χ0n) is 25.8. The van der Waals surface area contributed by atoms with Crippen LogP contribution in [0.5, 0.6) is 11.5 Å². The van der Waals surface area contributed by atoms with E-state index >= 15 is 0 Å². The monoisotopic (exact) mass is 629 g/mol. The lowest BCUT2D eigenvalue weighted by molar-refractivity contribution is -0.122. The molecule has 242 valence electrons. The molecular formula is C34H39N5O7. The van der Waals surface area contributed by atoms with Crippen molar-refractivity contribution in [3.8, 4) is 22.9 Å². The van der Waals surface area contributed by atoms with Gasteiger partial charge in [0.1, 0.15) is 5.82 Å². The molecule has 0 spiro atoms. The lowest BCUT2D eigenvalue weighted by atomic mass is 10.1. The van der Waals surface area contributed by atoms with Crippen molar-refractivity contribution in [3.63, 3.8) is 0 Å². The lowest BCUT2D eigenvalue weighted by Gasteiger charge is -2.26. The summed E-state index contributed by atoms with van der Waals surface area (Å²) < 4.78 is 13.8. The van der Waals surface area contributed by atoms with Crippen LogP contribution < -0.4 is 9.47 Å². The van der Waals surface area contributed by atoms with E-state index in [4.69, 9.17) is 19.4 Å². The Kier molecular flexibility index (Phi) is 12.7. The highest BCUT2D eigenvalue weighted by molar-refractivity contribution is 5.94. The minimum absolute atomic E-state index is 0.0300. The SMILES string of the molecule is COc1ccc2cc1OCCCN(C(=O)c1ccncc1)CCCCN(Cc1ccccc1C(=O)O)CCn1ccnc1-2.O=CO. The number of benzene rings is 2. The zero-order valence-corrected chi connectivity index (χ0v) is 25.8. The highest BCUT2D eigenvalue weighted by Crippen LogP contribution is 2.32. The number of aromatic nitrogens is 3. The number of hydrogen-bond donors (Lipinski definition) is 2. The Balaban J connectivity index is 0.00000154. The first-order valence-corrected chi connectivity index (χ1v) is 15.1. The largest absolute Gasteiger partial charge is 0.493 e. The second kappa shape index (κ2) is 17.3. The first-order valence-electron chi connectivity index (χ1n) is 15.1. The molecule has 12 nitrogen and oxygen atoms in total. The quantitative estimate of drug-likeness (QED) is 0.301. The van der Waals surface area contributed by atoms with Crippen LogP contribution in [0.1, 0.15) is 45.5 Å². The normalized spacial score (nSPS) is 14.4. The van der Waals surface area contributed by atoms with Crippen LogP contribution in [0.25, 0.3) is 11.4 Å². The van der Waals surface area contributed by atoms with Crippen LogP contribution in [0.2, 0.25) is 0 Å². The lowest BCUT2D eigenvalue weighted by Crippen LogP contribution is -2.34. The molecule has 46 heavy (non-hydrogen) atoms. The first-order chi connectivity index (χ1) is 22.4. The van der Waals surface area contributed by atoms with Gasteiger partial charge in [-0.05, 0) is 67.8 Å². The van der Waals surface area contributed by atoms with Crippen LogP contribution in [0, 0.1) is 0 Å². The summed E-state index contributed by atoms with van der Waals surface area (Å²) in [6.07, 6.45) is 9.31. The number of carbonyl (C=O) groups excluding carboxylic acids is 1. The van der Waals surface area contributed by atoms with Gasteiger partial charge < -0.3 is 29.2 Å². The van der Waals surface area contributed by atoms with Crippen molar-refractivity contribution in [1.29, 1.82) is 0 Å². The summed E-state index contributed by atoms with van der Waals surface area (Å²) in [7, 11) is 1.62. The van der Waals surface area contributed by atoms with Crippen molar-refractivity contribution < 1.29 is 34.1 Å². The highest BCUT2D eigenvalue weighted by atomic mass is 16.5. The predicted molar refractivity (Wildman–Crippen MR) is 171 cm³/mol. The Morgan fingerprint density at radius 3 is 2.46 bits per heavy atom. The minimum Gasteiger partial charge on any atom is -0.493 e. The number of pyridine rings is 1. The molecule has 1 aliphatic heterocycles. The van der Waals surface area contributed by atoms with E-state index in [0.29, 0.717) is 68.4 Å². The van der Waals surface area contributed by atoms with Crippen molar-refractivity contribution >= 4 is 18.3 Å². The second-order valence-corrected chi connectivity index (χ2v) is 10.6. The number of amides is 1. The third kappa shape index (κ3) is 9.14. The molecule has 2 bridgehead atoms. The van der Waals surface area contributed by atoms with Gasteiger partial charge in [-0.2, -0.15) is 0 Å². The van der Waals surface area contributed by atoms with Gasteiger partial charge in [0.05, 0.1) is 19.3 Å². The fourth-order valence-corrected chi connectivity index (χ4v) is 5.37. The minimum atomic E-state index is -0.930. The number of carboxylic acid groups (broad SMARTS) is 2. The van der Waals surface area contributed by atoms with Crippen molar-refractivity contribution in [2.75, 3.05) is 39.9 Å². The molecular weight excluding hydrogens is 590 g/mol. The van der Waals surface area contributed by atoms with Crippen LogP contribution in [0.15, 0.2) is 79.4 Å². The third-order valence-corrected chi connectivity index (χ3v) is 7.63. The van der Waals surface area contributed by atoms with E-state index < -0.39 is 5.97 Å². The topological polar surface area (TPSA) is 147 Å². The maximum absolute atomic E-state index is 13.4. The Labute approximate surface area is 267 Å². The maximum Gasteiger partial charge on any atom is 0.336 e. The van der Waals surface area contributed by atoms with E-state index in [-0.39, 0.29) is 12.4 Å². The number of carbonyl (C=O) groups is 3. The zero-order chi connectivity index (χ0) is 32.7. The van der Waals surface area contributed by atoms with Gasteiger partial charge in [-0.3, -0.25) is 19.5 Å². The van der Waals surface area contributed by atoms with E-state index in [9.17, 15) is 14.7 Å². The Hall–Kier alpha value is -5.23. The van der Waals surface area contributed by atoms with Gasteiger partial charge in [0.15, 0.2) is 11.5 Å². The molecule has 2 aromatic heterocycles. The standard InChI is InChI=1S/C33H37N5O5.CH2O2/c1-42-29-10-9-26-23-30(29)43-22-6-18-38(32(39)25-11-13-34-14-12-25)17-5-4-16-36(20-21-37-19-15-35-31(26)37)24-27-7-2-3-8-28(27)33(40)41;2-1-3/h2-3,7-15,19,23H,4-6,16-18,20-22,24H2,1H3,(H,40,41);1H,(H,2,3). The van der Waals surface area contributed by atoms with Gasteiger partial charge in [-0.25, -0.2) is 9.78 Å². The number of imidazole rings is 1. The fraction of sp³-hybridized carbons (Fsp3) is 0.324. The number of carboxylic acids is 1. The summed E-state index contributed by atoms with van der Waals surface area (Å²) in [5, 5.41) is 16.7. The van der Waals surface area contributed by atoms with Crippen molar-refractivity contribution in [1.82, 2.24) is 24.3 Å². The van der Waals surface area contributed by atoms with Crippen LogP contribution in [-0.4, -0.2) is 92.8 Å². The van der Waals surface area contributed by atoms with Crippen LogP contribution >= 0.6 is 0 Å². The predicted octanol–water partition coefficient (Wildman–Crippen LogP) is 4.56. The smallest absolute Gasteiger partial charge is 0.336 e.